The number of carbonyl (C=O) groups is 1. The third kappa shape index (κ3) is 4.35. The highest BCUT2D eigenvalue weighted by molar-refractivity contribution is 7.92. The van der Waals surface area contributed by atoms with Gasteiger partial charge in [-0.05, 0) is 36.8 Å². The number of carbonyl (C=O) groups excluding carboxylic acids is 1. The quantitative estimate of drug-likeness (QED) is 0.782. The minimum atomic E-state index is -3.82. The van der Waals surface area contributed by atoms with Crippen molar-refractivity contribution in [3.8, 4) is 0 Å². The molecule has 2 heterocycles. The molecule has 2 saturated heterocycles. The molecule has 2 aromatic rings. The lowest BCUT2D eigenvalue weighted by Gasteiger charge is -2.35. The van der Waals surface area contributed by atoms with Gasteiger partial charge in [-0.15, -0.1) is 0 Å². The Labute approximate surface area is 177 Å². The number of sulfonamides is 1. The fraction of sp³-hybridized carbons (Fsp3) is 0.409. The van der Waals surface area contributed by atoms with Crippen LogP contribution in [0.15, 0.2) is 53.4 Å². The zero-order valence-corrected chi connectivity index (χ0v) is 17.9. The van der Waals surface area contributed by atoms with E-state index < -0.39 is 16.3 Å². The van der Waals surface area contributed by atoms with Crippen LogP contribution in [0.25, 0.3) is 0 Å². The topological polar surface area (TPSA) is 84.9 Å². The fourth-order valence-corrected chi connectivity index (χ4v) is 4.69. The molecule has 8 heteroatoms. The Kier molecular flexibility index (Phi) is 5.57. The van der Waals surface area contributed by atoms with Crippen LogP contribution in [0.4, 0.5) is 11.4 Å². The monoisotopic (exact) mass is 430 g/mol. The standard InChI is InChI=1S/C22H26N2O5S/c1-22(2)14-28-21(29-15-22)18-6-3-4-7-19(18)23-30(26,27)17-11-9-16(10-12-17)24-13-5-8-20(24)25/h3-4,6-7,9-12,21,23H,5,8,13-15H2,1-2H3. The molecule has 0 aromatic heterocycles. The molecule has 2 aliphatic heterocycles. The number of hydrogen-bond donors (Lipinski definition) is 1. The van der Waals surface area contributed by atoms with Gasteiger partial charge >= 0.3 is 0 Å². The van der Waals surface area contributed by atoms with E-state index in [-0.39, 0.29) is 16.2 Å². The van der Waals surface area contributed by atoms with Crippen molar-refractivity contribution in [1.29, 1.82) is 0 Å². The first-order valence-electron chi connectivity index (χ1n) is 10.0. The first-order chi connectivity index (χ1) is 14.3. The molecule has 2 aromatic carbocycles. The molecule has 2 fully saturated rings. The molecule has 0 spiro atoms. The molecule has 4 rings (SSSR count). The molecule has 0 bridgehead atoms. The Morgan fingerprint density at radius 2 is 1.70 bits per heavy atom. The van der Waals surface area contributed by atoms with Crippen molar-refractivity contribution >= 4 is 27.3 Å². The van der Waals surface area contributed by atoms with Gasteiger partial charge in [-0.3, -0.25) is 9.52 Å². The average molecular weight is 431 g/mol. The lowest BCUT2D eigenvalue weighted by molar-refractivity contribution is -0.225. The molecule has 0 aliphatic carbocycles. The summed E-state index contributed by atoms with van der Waals surface area (Å²) in [5.74, 6) is 0.0633. The molecule has 0 radical (unpaired) electrons. The van der Waals surface area contributed by atoms with Crippen LogP contribution < -0.4 is 9.62 Å². The normalized spacial score (nSPS) is 19.8. The second kappa shape index (κ2) is 8.02. The van der Waals surface area contributed by atoms with Crippen LogP contribution in [-0.4, -0.2) is 34.1 Å². The number of amides is 1. The molecule has 160 valence electrons. The molecule has 1 N–H and O–H groups in total. The van der Waals surface area contributed by atoms with Gasteiger partial charge in [0, 0.05) is 29.6 Å². The zero-order chi connectivity index (χ0) is 21.4. The molecule has 0 unspecified atom stereocenters. The number of hydrogen-bond acceptors (Lipinski definition) is 5. The second-order valence-electron chi connectivity index (χ2n) is 8.45. The van der Waals surface area contributed by atoms with E-state index in [0.717, 1.165) is 6.42 Å². The van der Waals surface area contributed by atoms with Gasteiger partial charge in [-0.25, -0.2) is 8.42 Å². The van der Waals surface area contributed by atoms with Gasteiger partial charge < -0.3 is 14.4 Å². The minimum Gasteiger partial charge on any atom is -0.348 e. The van der Waals surface area contributed by atoms with E-state index in [1.54, 1.807) is 35.2 Å². The third-order valence-electron chi connectivity index (χ3n) is 5.24. The van der Waals surface area contributed by atoms with Crippen molar-refractivity contribution in [1.82, 2.24) is 0 Å². The van der Waals surface area contributed by atoms with Gasteiger partial charge in [-0.1, -0.05) is 32.0 Å². The number of nitrogens with zero attached hydrogens (tertiary/aromatic N) is 1. The van der Waals surface area contributed by atoms with Crippen molar-refractivity contribution < 1.29 is 22.7 Å². The predicted octanol–water partition coefficient (Wildman–Crippen LogP) is 3.69. The molecule has 0 saturated carbocycles. The Morgan fingerprint density at radius 1 is 1.03 bits per heavy atom. The molecule has 1 amide bonds. The predicted molar refractivity (Wildman–Crippen MR) is 114 cm³/mol. The summed E-state index contributed by atoms with van der Waals surface area (Å²) in [7, 11) is -3.82. The van der Waals surface area contributed by atoms with E-state index in [2.05, 4.69) is 18.6 Å². The van der Waals surface area contributed by atoms with Crippen molar-refractivity contribution in [2.45, 2.75) is 37.9 Å². The summed E-state index contributed by atoms with van der Waals surface area (Å²) in [4.78, 5) is 13.7. The smallest absolute Gasteiger partial charge is 0.261 e. The van der Waals surface area contributed by atoms with Gasteiger partial charge in [0.25, 0.3) is 10.0 Å². The number of ether oxygens (including phenoxy) is 2. The summed E-state index contributed by atoms with van der Waals surface area (Å²) in [5, 5.41) is 0. The van der Waals surface area contributed by atoms with Gasteiger partial charge in [0.05, 0.1) is 23.8 Å². The van der Waals surface area contributed by atoms with Gasteiger partial charge in [0.15, 0.2) is 6.29 Å². The van der Waals surface area contributed by atoms with E-state index in [4.69, 9.17) is 9.47 Å². The minimum absolute atomic E-state index is 0.0633. The number of benzene rings is 2. The van der Waals surface area contributed by atoms with Crippen LogP contribution >= 0.6 is 0 Å². The summed E-state index contributed by atoms with van der Waals surface area (Å²) >= 11 is 0. The highest BCUT2D eigenvalue weighted by atomic mass is 32.2. The van der Waals surface area contributed by atoms with Crippen molar-refractivity contribution in [2.75, 3.05) is 29.4 Å². The van der Waals surface area contributed by atoms with Crippen molar-refractivity contribution in [2.24, 2.45) is 5.41 Å². The summed E-state index contributed by atoms with van der Waals surface area (Å²) in [6.45, 7) is 5.81. The van der Waals surface area contributed by atoms with Crippen LogP contribution in [0.3, 0.4) is 0 Å². The Morgan fingerprint density at radius 3 is 2.33 bits per heavy atom. The highest BCUT2D eigenvalue weighted by Crippen LogP contribution is 2.35. The maximum Gasteiger partial charge on any atom is 0.261 e. The largest absolute Gasteiger partial charge is 0.348 e. The summed E-state index contributed by atoms with van der Waals surface area (Å²) in [6.07, 6.45) is 0.723. The van der Waals surface area contributed by atoms with Crippen molar-refractivity contribution in [3.63, 3.8) is 0 Å². The van der Waals surface area contributed by atoms with E-state index in [1.807, 2.05) is 6.07 Å². The average Bonchev–Trinajstić information content (AvgIpc) is 3.14. The zero-order valence-electron chi connectivity index (χ0n) is 17.1. The fourth-order valence-electron chi connectivity index (χ4n) is 3.60. The summed E-state index contributed by atoms with van der Waals surface area (Å²) < 4.78 is 40.2. The highest BCUT2D eigenvalue weighted by Gasteiger charge is 2.31. The third-order valence-corrected chi connectivity index (χ3v) is 6.62. The lowest BCUT2D eigenvalue weighted by atomic mass is 9.95. The van der Waals surface area contributed by atoms with Gasteiger partial charge in [-0.2, -0.15) is 0 Å². The van der Waals surface area contributed by atoms with Crippen molar-refractivity contribution in [3.05, 3.63) is 54.1 Å². The molecule has 30 heavy (non-hydrogen) atoms. The lowest BCUT2D eigenvalue weighted by Crippen LogP contribution is -2.34. The van der Waals surface area contributed by atoms with Gasteiger partial charge in [0.2, 0.25) is 5.91 Å². The molecule has 7 nitrogen and oxygen atoms in total. The number of para-hydroxylation sites is 1. The molecular weight excluding hydrogens is 404 g/mol. The SMILES string of the molecule is CC1(C)COC(c2ccccc2NS(=O)(=O)c2ccc(N3CCCC3=O)cc2)OC1. The number of nitrogens with one attached hydrogen (secondary N) is 1. The first-order valence-corrected chi connectivity index (χ1v) is 11.5. The summed E-state index contributed by atoms with van der Waals surface area (Å²) in [5.41, 5.74) is 1.68. The molecule has 2 aliphatic rings. The molecule has 0 atom stereocenters. The summed E-state index contributed by atoms with van der Waals surface area (Å²) in [6, 6.07) is 13.4. The maximum atomic E-state index is 13.0. The number of anilines is 2. The maximum absolute atomic E-state index is 13.0. The van der Waals surface area contributed by atoms with E-state index in [1.165, 1.54) is 12.1 Å². The van der Waals surface area contributed by atoms with Crippen LogP contribution in [0.5, 0.6) is 0 Å². The van der Waals surface area contributed by atoms with Crippen LogP contribution in [-0.2, 0) is 24.3 Å². The van der Waals surface area contributed by atoms with Crippen LogP contribution in [0.1, 0.15) is 38.5 Å². The Bertz CT molecular complexity index is 1020. The second-order valence-corrected chi connectivity index (χ2v) is 10.1. The number of rotatable bonds is 5. The van der Waals surface area contributed by atoms with Gasteiger partial charge in [0.1, 0.15) is 0 Å². The Balaban J connectivity index is 1.53. The van der Waals surface area contributed by atoms with Crippen LogP contribution in [0.2, 0.25) is 0 Å². The first kappa shape index (κ1) is 20.8. The van der Waals surface area contributed by atoms with Crippen LogP contribution in [0, 0.1) is 5.41 Å². The van der Waals surface area contributed by atoms with E-state index in [9.17, 15) is 13.2 Å². The molecular formula is C22H26N2O5S. The Hall–Kier alpha value is -2.42. The van der Waals surface area contributed by atoms with E-state index in [0.29, 0.717) is 43.1 Å². The van der Waals surface area contributed by atoms with E-state index >= 15 is 0 Å².